The maximum absolute atomic E-state index is 13.0. The van der Waals surface area contributed by atoms with Gasteiger partial charge in [-0.2, -0.15) is 0 Å². The number of furan rings is 1. The number of halogens is 3. The Morgan fingerprint density at radius 2 is 2.04 bits per heavy atom. The monoisotopic (exact) mass is 389 g/mol. The number of nitrogens with one attached hydrogen (secondary N) is 1. The van der Waals surface area contributed by atoms with Crippen LogP contribution in [0.4, 0.5) is 10.1 Å². The minimum absolute atomic E-state index is 0. The molecule has 1 amide bonds. The molecule has 0 bridgehead atoms. The first-order chi connectivity index (χ1) is 11.2. The van der Waals surface area contributed by atoms with Crippen molar-refractivity contribution in [3.05, 3.63) is 53.7 Å². The number of amides is 1. The summed E-state index contributed by atoms with van der Waals surface area (Å²) in [7, 11) is 0. The van der Waals surface area contributed by atoms with Crippen LogP contribution in [0.3, 0.4) is 0 Å². The molecule has 2 heterocycles. The lowest BCUT2D eigenvalue weighted by Gasteiger charge is -2.18. The Morgan fingerprint density at radius 3 is 2.68 bits per heavy atom. The quantitative estimate of drug-likeness (QED) is 0.824. The van der Waals surface area contributed by atoms with Crippen molar-refractivity contribution in [3.63, 3.8) is 0 Å². The number of rotatable bonds is 5. The van der Waals surface area contributed by atoms with Crippen LogP contribution < -0.4 is 16.0 Å². The van der Waals surface area contributed by atoms with Gasteiger partial charge in [0.05, 0.1) is 12.1 Å². The van der Waals surface area contributed by atoms with Crippen molar-refractivity contribution in [2.45, 2.75) is 13.0 Å². The summed E-state index contributed by atoms with van der Waals surface area (Å²) >= 11 is 0. The number of anilines is 1. The summed E-state index contributed by atoms with van der Waals surface area (Å²) in [6, 6.07) is 8.18. The Kier molecular flexibility index (Phi) is 8.22. The van der Waals surface area contributed by atoms with Gasteiger partial charge in [-0.15, -0.1) is 24.8 Å². The molecule has 1 aromatic heterocycles. The summed E-state index contributed by atoms with van der Waals surface area (Å²) in [5, 5.41) is 2.93. The third-order valence-corrected chi connectivity index (χ3v) is 4.15. The van der Waals surface area contributed by atoms with E-state index in [-0.39, 0.29) is 43.1 Å². The minimum atomic E-state index is -0.228. The van der Waals surface area contributed by atoms with Crippen LogP contribution in [0, 0.1) is 11.7 Å². The first kappa shape index (κ1) is 21.3. The van der Waals surface area contributed by atoms with Crippen LogP contribution in [0.2, 0.25) is 0 Å². The Bertz CT molecular complexity index is 679. The van der Waals surface area contributed by atoms with Crippen molar-refractivity contribution in [2.24, 2.45) is 11.7 Å². The Labute approximate surface area is 158 Å². The molecule has 25 heavy (non-hydrogen) atoms. The lowest BCUT2D eigenvalue weighted by molar-refractivity contribution is 0.0947. The average molecular weight is 390 g/mol. The van der Waals surface area contributed by atoms with Crippen LogP contribution in [-0.2, 0) is 6.54 Å². The molecule has 1 saturated heterocycles. The number of carbonyl (C=O) groups is 1. The van der Waals surface area contributed by atoms with Crippen LogP contribution in [0.1, 0.15) is 22.5 Å². The van der Waals surface area contributed by atoms with E-state index in [1.807, 2.05) is 0 Å². The van der Waals surface area contributed by atoms with Gasteiger partial charge in [0, 0.05) is 25.3 Å². The van der Waals surface area contributed by atoms with Gasteiger partial charge in [-0.3, -0.25) is 4.79 Å². The first-order valence-corrected chi connectivity index (χ1v) is 7.72. The second kappa shape index (κ2) is 9.65. The van der Waals surface area contributed by atoms with E-state index in [1.54, 1.807) is 18.2 Å². The van der Waals surface area contributed by atoms with Gasteiger partial charge in [-0.1, -0.05) is 0 Å². The topological polar surface area (TPSA) is 71.5 Å². The molecular weight excluding hydrogens is 368 g/mol. The maximum atomic E-state index is 13.0. The van der Waals surface area contributed by atoms with Gasteiger partial charge < -0.3 is 20.4 Å². The third kappa shape index (κ3) is 5.36. The molecule has 1 aliphatic rings. The number of hydrogen-bond donors (Lipinski definition) is 2. The summed E-state index contributed by atoms with van der Waals surface area (Å²) in [5.41, 5.74) is 6.98. The van der Waals surface area contributed by atoms with Gasteiger partial charge in [-0.25, -0.2) is 4.39 Å². The third-order valence-electron chi connectivity index (χ3n) is 4.15. The Morgan fingerprint density at radius 1 is 1.32 bits per heavy atom. The predicted octanol–water partition coefficient (Wildman–Crippen LogP) is 2.98. The van der Waals surface area contributed by atoms with Crippen LogP contribution in [-0.4, -0.2) is 25.5 Å². The lowest BCUT2D eigenvalue weighted by Crippen LogP contribution is -2.30. The van der Waals surface area contributed by atoms with Crippen molar-refractivity contribution < 1.29 is 13.6 Å². The molecule has 1 aromatic carbocycles. The molecule has 3 rings (SSSR count). The summed E-state index contributed by atoms with van der Waals surface area (Å²) in [6.07, 6.45) is 2.42. The molecule has 2 aromatic rings. The highest BCUT2D eigenvalue weighted by molar-refractivity contribution is 5.93. The van der Waals surface area contributed by atoms with Gasteiger partial charge in [0.15, 0.2) is 0 Å². The molecule has 0 saturated carbocycles. The number of benzene rings is 1. The summed E-state index contributed by atoms with van der Waals surface area (Å²) in [5.74, 6) is 0.603. The minimum Gasteiger partial charge on any atom is -0.467 e. The summed E-state index contributed by atoms with van der Waals surface area (Å²) in [6.45, 7) is 2.66. The number of nitrogens with two attached hydrogens (primary N) is 1. The number of nitrogens with zero attached hydrogens (tertiary/aromatic N) is 1. The molecule has 1 fully saturated rings. The second-order valence-corrected chi connectivity index (χ2v) is 5.79. The van der Waals surface area contributed by atoms with Crippen molar-refractivity contribution >= 4 is 36.4 Å². The fraction of sp³-hybridized carbons (Fsp3) is 0.353. The van der Waals surface area contributed by atoms with Crippen molar-refractivity contribution in [1.82, 2.24) is 5.32 Å². The molecule has 1 aliphatic heterocycles. The standard InChI is InChI=1S/C17H20FN3O2.2ClH/c18-14-1-3-15(4-2-14)21-6-5-12(10-21)9-20-17(22)13-7-16(8-19)23-11-13;;/h1-4,7,11-12H,5-6,8-10,19H2,(H,20,22);2*1H. The zero-order chi connectivity index (χ0) is 16.2. The smallest absolute Gasteiger partial charge is 0.254 e. The van der Waals surface area contributed by atoms with Crippen LogP contribution in [0.15, 0.2) is 41.0 Å². The van der Waals surface area contributed by atoms with E-state index < -0.39 is 0 Å². The zero-order valence-electron chi connectivity index (χ0n) is 13.6. The fourth-order valence-corrected chi connectivity index (χ4v) is 2.83. The molecule has 0 aliphatic carbocycles. The molecule has 0 spiro atoms. The van der Waals surface area contributed by atoms with Crippen LogP contribution in [0.25, 0.3) is 0 Å². The Balaban J connectivity index is 0.00000156. The molecule has 138 valence electrons. The van der Waals surface area contributed by atoms with Crippen molar-refractivity contribution in [2.75, 3.05) is 24.5 Å². The molecule has 0 radical (unpaired) electrons. The zero-order valence-corrected chi connectivity index (χ0v) is 15.2. The fourth-order valence-electron chi connectivity index (χ4n) is 2.83. The number of carbonyl (C=O) groups excluding carboxylic acids is 1. The van der Waals surface area contributed by atoms with Gasteiger partial charge in [0.1, 0.15) is 17.8 Å². The van der Waals surface area contributed by atoms with Crippen LogP contribution in [0.5, 0.6) is 0 Å². The molecule has 1 unspecified atom stereocenters. The highest BCUT2D eigenvalue weighted by Gasteiger charge is 2.23. The largest absolute Gasteiger partial charge is 0.467 e. The highest BCUT2D eigenvalue weighted by atomic mass is 35.5. The van der Waals surface area contributed by atoms with E-state index >= 15 is 0 Å². The molecule has 8 heteroatoms. The van der Waals surface area contributed by atoms with E-state index in [1.165, 1.54) is 18.4 Å². The second-order valence-electron chi connectivity index (χ2n) is 5.79. The molecule has 1 atom stereocenters. The molecule has 5 nitrogen and oxygen atoms in total. The summed E-state index contributed by atoms with van der Waals surface area (Å²) < 4.78 is 18.1. The first-order valence-electron chi connectivity index (χ1n) is 7.72. The maximum Gasteiger partial charge on any atom is 0.254 e. The van der Waals surface area contributed by atoms with E-state index in [2.05, 4.69) is 10.2 Å². The normalized spacial score (nSPS) is 16.1. The van der Waals surface area contributed by atoms with Gasteiger partial charge in [0.2, 0.25) is 0 Å². The van der Waals surface area contributed by atoms with Gasteiger partial charge >= 0.3 is 0 Å². The van der Waals surface area contributed by atoms with Crippen molar-refractivity contribution in [3.8, 4) is 0 Å². The SMILES string of the molecule is Cl.Cl.NCc1cc(C(=O)NCC2CCN(c3ccc(F)cc3)C2)co1. The lowest BCUT2D eigenvalue weighted by atomic mass is 10.1. The Hall–Kier alpha value is -1.76. The van der Waals surface area contributed by atoms with Crippen LogP contribution >= 0.6 is 24.8 Å². The van der Waals surface area contributed by atoms with E-state index in [4.69, 9.17) is 10.2 Å². The molecule has 3 N–H and O–H groups in total. The predicted molar refractivity (Wildman–Crippen MR) is 100 cm³/mol. The van der Waals surface area contributed by atoms with E-state index in [0.717, 1.165) is 25.2 Å². The number of hydrogen-bond acceptors (Lipinski definition) is 4. The van der Waals surface area contributed by atoms with E-state index in [9.17, 15) is 9.18 Å². The molecular formula is C17H22Cl2FN3O2. The van der Waals surface area contributed by atoms with Gasteiger partial charge in [0.25, 0.3) is 5.91 Å². The summed E-state index contributed by atoms with van der Waals surface area (Å²) in [4.78, 5) is 14.3. The highest BCUT2D eigenvalue weighted by Crippen LogP contribution is 2.23. The van der Waals surface area contributed by atoms with Crippen molar-refractivity contribution in [1.29, 1.82) is 0 Å². The van der Waals surface area contributed by atoms with Gasteiger partial charge in [-0.05, 0) is 42.7 Å². The van der Waals surface area contributed by atoms with E-state index in [0.29, 0.717) is 23.8 Å². The average Bonchev–Trinajstić information content (AvgIpc) is 3.22.